The van der Waals surface area contributed by atoms with E-state index < -0.39 is 45.1 Å². The number of amides is 1. The van der Waals surface area contributed by atoms with E-state index in [1.807, 2.05) is 54.6 Å². The van der Waals surface area contributed by atoms with Crippen molar-refractivity contribution in [1.82, 2.24) is 9.62 Å². The quantitative estimate of drug-likeness (QED) is 0.0449. The van der Waals surface area contributed by atoms with Crippen LogP contribution in [-0.2, 0) is 21.0 Å². The van der Waals surface area contributed by atoms with Gasteiger partial charge in [0.25, 0.3) is 15.7 Å². The number of anilines is 2. The lowest BCUT2D eigenvalue weighted by Gasteiger charge is -2.45. The zero-order valence-electron chi connectivity index (χ0n) is 41.1. The number of thioether (sulfide) groups is 1. The normalized spacial score (nSPS) is 18.9. The predicted octanol–water partition coefficient (Wildman–Crippen LogP) is 12.4. The minimum atomic E-state index is -5.81. The summed E-state index contributed by atoms with van der Waals surface area (Å²) in [6.45, 7) is 15.0. The minimum absolute atomic E-state index is 0.147. The van der Waals surface area contributed by atoms with E-state index in [1.54, 1.807) is 30.5 Å². The monoisotopic (exact) mass is 1070 g/mol. The molecule has 0 aliphatic carbocycles. The minimum Gasteiger partial charge on any atom is -0.431 e. The summed E-state index contributed by atoms with van der Waals surface area (Å²) in [4.78, 5) is 30.8. The van der Waals surface area contributed by atoms with Crippen molar-refractivity contribution in [2.24, 2.45) is 11.8 Å². The first-order chi connectivity index (χ1) is 33.7. The van der Waals surface area contributed by atoms with Crippen molar-refractivity contribution in [2.75, 3.05) is 61.9 Å². The number of ether oxygens (including phenoxy) is 1. The fourth-order valence-corrected chi connectivity index (χ4v) is 14.7. The number of hydrogen-bond donors (Lipinski definition) is 3. The fraction of sp³-hybridized carbons (Fsp3) is 0.407. The topological polar surface area (TPSA) is 111 Å². The first-order valence-electron chi connectivity index (χ1n) is 24.2. The molecule has 2 fully saturated rings. The molecule has 0 saturated carbocycles. The number of carbonyl (C=O) groups is 1. The van der Waals surface area contributed by atoms with E-state index in [-0.39, 0.29) is 27.6 Å². The molecule has 9 nitrogen and oxygen atoms in total. The highest BCUT2D eigenvalue weighted by atomic mass is 35.5. The van der Waals surface area contributed by atoms with Crippen molar-refractivity contribution in [3.05, 3.63) is 137 Å². The number of hydrogen-bond acceptors (Lipinski definition) is 9. The number of sulfone groups is 1. The van der Waals surface area contributed by atoms with Gasteiger partial charge in [0.1, 0.15) is 4.90 Å². The molecule has 0 spiro atoms. The Morgan fingerprint density at radius 1 is 0.930 bits per heavy atom. The molecule has 0 aromatic heterocycles. The number of carbonyl (C=O) groups excluding carboxylic acids is 1. The van der Waals surface area contributed by atoms with Gasteiger partial charge in [-0.15, -0.1) is 11.8 Å². The van der Waals surface area contributed by atoms with E-state index in [0.29, 0.717) is 48.4 Å². The van der Waals surface area contributed by atoms with Gasteiger partial charge in [0.05, 0.1) is 18.9 Å². The van der Waals surface area contributed by atoms with Crippen LogP contribution in [0, 0.1) is 11.8 Å². The number of benzene rings is 5. The van der Waals surface area contributed by atoms with E-state index in [2.05, 4.69) is 83.6 Å². The molecular weight excluding hydrogens is 1000 g/mol. The third-order valence-corrected chi connectivity index (χ3v) is 23.1. The van der Waals surface area contributed by atoms with Crippen LogP contribution >= 0.6 is 34.0 Å². The highest BCUT2D eigenvalue weighted by Gasteiger charge is 2.48. The SMILES string of the molecule is C/C=S(/NC(=O)c1ccc(N2CCC(Cc3ccccc3-c3ccc(Cl)cc3)C(C[Si](C)(O)C(C)(C)C)C2)cc1)c1ccc(N[C@H](CCN2CCOCC2)CSc2ccccc2)c(S(=O)(=O)C(F)(F)F)c1. The first-order valence-corrected chi connectivity index (χ1v) is 31.0. The van der Waals surface area contributed by atoms with Crippen LogP contribution in [0.5, 0.6) is 0 Å². The fourth-order valence-electron chi connectivity index (χ4n) is 9.16. The van der Waals surface area contributed by atoms with Gasteiger partial charge in [-0.25, -0.2) is 8.42 Å². The van der Waals surface area contributed by atoms with Gasteiger partial charge >= 0.3 is 5.51 Å². The summed E-state index contributed by atoms with van der Waals surface area (Å²) in [6.07, 6.45) is 2.33. The predicted molar refractivity (Wildman–Crippen MR) is 290 cm³/mol. The smallest absolute Gasteiger partial charge is 0.431 e. The molecule has 7 rings (SSSR count). The molecule has 3 N–H and O–H groups in total. The number of nitrogens with one attached hydrogen (secondary N) is 2. The standard InChI is InChI=1S/C54H66ClF3N4O5S3Si/c1-6-69(48-24-25-50(51(35-48)70(64,65)54(56,57)58)59-45(27-28-61-30-32-67-33-31-61)37-68-47-13-8-7-9-14-47)60-52(63)40-18-22-46(23-19-40)62-29-26-41(43(36-62)38-71(5,66)53(2,3)4)34-42-12-10-11-15-49(42)39-16-20-44(55)21-17-39/h6-25,35,41,43,45,59,66H,26-34,36-38H2,1-5H3,(H,60,63)/t41?,43?,45-,69?,71?/m1/s1. The maximum atomic E-state index is 14.4. The average molecular weight is 1070 g/mol. The van der Waals surface area contributed by atoms with Crippen LogP contribution < -0.4 is 14.9 Å². The second-order valence-electron chi connectivity index (χ2n) is 19.7. The Morgan fingerprint density at radius 3 is 2.27 bits per heavy atom. The number of halogens is 4. The molecule has 4 unspecified atom stereocenters. The van der Waals surface area contributed by atoms with Crippen molar-refractivity contribution in [2.45, 2.75) is 90.8 Å². The second-order valence-corrected chi connectivity index (χ2v) is 29.4. The maximum absolute atomic E-state index is 14.4. The highest BCUT2D eigenvalue weighted by molar-refractivity contribution is 8.13. The summed E-state index contributed by atoms with van der Waals surface area (Å²) >= 11 is 7.78. The molecule has 71 heavy (non-hydrogen) atoms. The van der Waals surface area contributed by atoms with Crippen molar-refractivity contribution in [3.63, 3.8) is 0 Å². The lowest BCUT2D eigenvalue weighted by molar-refractivity contribution is -0.0435. The van der Waals surface area contributed by atoms with Gasteiger partial charge in [-0.05, 0) is 144 Å². The molecule has 0 radical (unpaired) electrons. The van der Waals surface area contributed by atoms with Gasteiger partial charge in [-0.2, -0.15) is 13.2 Å². The van der Waals surface area contributed by atoms with Crippen LogP contribution in [0.15, 0.2) is 136 Å². The summed E-state index contributed by atoms with van der Waals surface area (Å²) in [5.41, 5.74) is -0.863. The van der Waals surface area contributed by atoms with Gasteiger partial charge < -0.3 is 19.7 Å². The third kappa shape index (κ3) is 14.1. The van der Waals surface area contributed by atoms with E-state index in [0.717, 1.165) is 67.3 Å². The number of alkyl halides is 3. The Balaban J connectivity index is 1.08. The van der Waals surface area contributed by atoms with Crippen LogP contribution in [0.1, 0.15) is 56.5 Å². The summed E-state index contributed by atoms with van der Waals surface area (Å²) in [6, 6.07) is 37.7. The van der Waals surface area contributed by atoms with Crippen LogP contribution in [-0.4, -0.2) is 101 Å². The van der Waals surface area contributed by atoms with Gasteiger partial charge in [-0.1, -0.05) is 97.6 Å². The van der Waals surface area contributed by atoms with Gasteiger partial charge in [0, 0.05) is 70.6 Å². The van der Waals surface area contributed by atoms with Crippen LogP contribution in [0.3, 0.4) is 0 Å². The number of morpholine rings is 1. The Kier molecular flexibility index (Phi) is 18.3. The molecule has 5 aromatic carbocycles. The Labute approximate surface area is 431 Å². The molecule has 2 aliphatic heterocycles. The molecule has 2 saturated heterocycles. The number of rotatable bonds is 18. The van der Waals surface area contributed by atoms with Crippen molar-refractivity contribution in [3.8, 4) is 11.1 Å². The van der Waals surface area contributed by atoms with E-state index >= 15 is 0 Å². The van der Waals surface area contributed by atoms with Crippen molar-refractivity contribution >= 4 is 74.8 Å². The first kappa shape index (κ1) is 54.6. The van der Waals surface area contributed by atoms with Crippen LogP contribution in [0.2, 0.25) is 22.7 Å². The Bertz CT molecular complexity index is 2720. The summed E-state index contributed by atoms with van der Waals surface area (Å²) in [7, 11) is -9.77. The molecule has 382 valence electrons. The summed E-state index contributed by atoms with van der Waals surface area (Å²) in [5, 5.41) is 5.31. The molecule has 5 aromatic rings. The second kappa shape index (κ2) is 23.8. The molecule has 2 aliphatic rings. The van der Waals surface area contributed by atoms with Crippen molar-refractivity contribution in [1.29, 1.82) is 0 Å². The maximum Gasteiger partial charge on any atom is 0.501 e. The lowest BCUT2D eigenvalue weighted by Crippen LogP contribution is -2.49. The molecular formula is C54H66ClF3N4O5S3Si. The molecule has 17 heteroatoms. The van der Waals surface area contributed by atoms with E-state index in [9.17, 15) is 31.2 Å². The molecule has 1 amide bonds. The summed E-state index contributed by atoms with van der Waals surface area (Å²) < 4.78 is 78.3. The Morgan fingerprint density at radius 2 is 1.61 bits per heavy atom. The molecule has 2 heterocycles. The lowest BCUT2D eigenvalue weighted by atomic mass is 9.80. The molecule has 0 bridgehead atoms. The number of nitrogens with zero attached hydrogens (tertiary/aromatic N) is 2. The van der Waals surface area contributed by atoms with Gasteiger partial charge in [0.15, 0.2) is 8.32 Å². The van der Waals surface area contributed by atoms with Crippen LogP contribution in [0.4, 0.5) is 24.5 Å². The van der Waals surface area contributed by atoms with Gasteiger partial charge in [-0.3, -0.25) is 14.4 Å². The van der Waals surface area contributed by atoms with Crippen molar-refractivity contribution < 1.29 is 35.9 Å². The largest absolute Gasteiger partial charge is 0.501 e. The molecule has 5 atom stereocenters. The van der Waals surface area contributed by atoms with Gasteiger partial charge in [0.2, 0.25) is 0 Å². The zero-order valence-corrected chi connectivity index (χ0v) is 45.3. The summed E-state index contributed by atoms with van der Waals surface area (Å²) in [5.74, 6) is 0.551. The van der Waals surface area contributed by atoms with Crippen LogP contribution in [0.25, 0.3) is 11.1 Å². The zero-order chi connectivity index (χ0) is 51.0. The van der Waals surface area contributed by atoms with E-state index in [4.69, 9.17) is 16.3 Å². The highest BCUT2D eigenvalue weighted by Crippen LogP contribution is 2.44. The third-order valence-electron chi connectivity index (χ3n) is 14.0. The van der Waals surface area contributed by atoms with E-state index in [1.165, 1.54) is 29.0 Å². The average Bonchev–Trinajstić information content (AvgIpc) is 3.35. The Hall–Kier alpha value is -4.13. The number of piperidine rings is 1.